The molecule has 223 valence electrons. The first-order valence-electron chi connectivity index (χ1n) is 15.8. The monoisotopic (exact) mass is 575 g/mol. The molecule has 1 radical (unpaired) electrons. The predicted octanol–water partition coefficient (Wildman–Crippen LogP) is 10.0. The Morgan fingerprint density at radius 1 is 0.558 bits per heavy atom. The lowest BCUT2D eigenvalue weighted by molar-refractivity contribution is 0.103. The molecule has 0 spiro atoms. The second-order valence-electron chi connectivity index (χ2n) is 11.0. The van der Waals surface area contributed by atoms with Crippen LogP contribution in [-0.2, 0) is 4.79 Å². The quantitative estimate of drug-likeness (QED) is 0.0875. The third kappa shape index (κ3) is 9.41. The first-order chi connectivity index (χ1) is 21.1. The van der Waals surface area contributed by atoms with Crippen LogP contribution in [0.4, 0.5) is 0 Å². The maximum Gasteiger partial charge on any atom is 0.234 e. The molecule has 0 heterocycles. The number of carbonyl (C=O) groups is 1. The van der Waals surface area contributed by atoms with Crippen molar-refractivity contribution >= 4 is 12.1 Å². The van der Waals surface area contributed by atoms with Crippen LogP contribution in [0.2, 0.25) is 0 Å². The molecule has 0 aliphatic rings. The second-order valence-corrected chi connectivity index (χ2v) is 11.0. The minimum absolute atomic E-state index is 0.207. The van der Waals surface area contributed by atoms with Gasteiger partial charge in [0.1, 0.15) is 11.5 Å². The van der Waals surface area contributed by atoms with Crippen LogP contribution >= 0.6 is 0 Å². The average molecular weight is 576 g/mol. The van der Waals surface area contributed by atoms with E-state index in [-0.39, 0.29) is 11.3 Å². The van der Waals surface area contributed by atoms with Crippen molar-refractivity contribution in [1.29, 1.82) is 0 Å². The second kappa shape index (κ2) is 17.1. The minimum Gasteiger partial charge on any atom is -0.494 e. The first-order valence-corrected chi connectivity index (χ1v) is 15.8. The molecule has 4 heteroatoms. The molecule has 4 aromatic carbocycles. The van der Waals surface area contributed by atoms with E-state index in [2.05, 4.69) is 13.8 Å². The Morgan fingerprint density at radius 2 is 1.00 bits per heavy atom. The van der Waals surface area contributed by atoms with Crippen LogP contribution in [0, 0.1) is 0 Å². The van der Waals surface area contributed by atoms with E-state index in [0.717, 1.165) is 53.2 Å². The molecular formula is C39H43O4. The van der Waals surface area contributed by atoms with Gasteiger partial charge in [0.25, 0.3) is 0 Å². The number of ketones is 1. The normalized spacial score (nSPS) is 10.8. The van der Waals surface area contributed by atoms with Gasteiger partial charge in [0, 0.05) is 16.7 Å². The zero-order chi connectivity index (χ0) is 30.3. The van der Waals surface area contributed by atoms with E-state index in [1.54, 1.807) is 12.1 Å². The lowest BCUT2D eigenvalue weighted by Gasteiger charge is -2.10. The van der Waals surface area contributed by atoms with Gasteiger partial charge in [-0.2, -0.15) is 0 Å². The fourth-order valence-electron chi connectivity index (χ4n) is 5.07. The molecule has 0 amide bonds. The van der Waals surface area contributed by atoms with Crippen LogP contribution in [0.15, 0.2) is 91.0 Å². The van der Waals surface area contributed by atoms with Gasteiger partial charge in [-0.1, -0.05) is 113 Å². The Balaban J connectivity index is 1.39. The number of hydrogen-bond acceptors (Lipinski definition) is 4. The Labute approximate surface area is 257 Å². The van der Waals surface area contributed by atoms with E-state index in [4.69, 9.17) is 9.47 Å². The highest BCUT2D eigenvalue weighted by Crippen LogP contribution is 2.28. The lowest BCUT2D eigenvalue weighted by Crippen LogP contribution is -2.06. The van der Waals surface area contributed by atoms with Crippen LogP contribution in [-0.4, -0.2) is 25.3 Å². The van der Waals surface area contributed by atoms with E-state index in [1.165, 1.54) is 44.9 Å². The highest BCUT2D eigenvalue weighted by Gasteiger charge is 2.16. The summed E-state index contributed by atoms with van der Waals surface area (Å²) in [6, 6.07) is 28.7. The molecule has 0 saturated carbocycles. The summed E-state index contributed by atoms with van der Waals surface area (Å²) < 4.78 is 11.8. The number of benzene rings is 4. The highest BCUT2D eigenvalue weighted by molar-refractivity contribution is 6.13. The van der Waals surface area contributed by atoms with Crippen LogP contribution in [0.5, 0.6) is 11.5 Å². The van der Waals surface area contributed by atoms with Crippen LogP contribution in [0.3, 0.4) is 0 Å². The standard InChI is InChI=1S/C39H43O4/c1-3-5-7-9-11-27-43-36-22-18-31(19-23-36)30-12-14-33(15-13-30)39(41)38-28-34(16-17-35(38)29-40)32-20-24-37(25-21-32)42-26-10-8-6-4-2/h12-25,28H,3-11,26-27H2,1-2H3. The van der Waals surface area contributed by atoms with Gasteiger partial charge in [-0.05, 0) is 71.5 Å². The van der Waals surface area contributed by atoms with Crippen molar-refractivity contribution < 1.29 is 19.1 Å². The van der Waals surface area contributed by atoms with E-state index in [1.807, 2.05) is 85.1 Å². The molecule has 0 fully saturated rings. The molecule has 0 N–H and O–H groups in total. The first kappa shape index (κ1) is 31.7. The zero-order valence-corrected chi connectivity index (χ0v) is 25.6. The zero-order valence-electron chi connectivity index (χ0n) is 25.6. The summed E-state index contributed by atoms with van der Waals surface area (Å²) >= 11 is 0. The lowest BCUT2D eigenvalue weighted by atomic mass is 9.93. The molecule has 0 aliphatic heterocycles. The smallest absolute Gasteiger partial charge is 0.234 e. The van der Waals surface area contributed by atoms with Gasteiger partial charge in [0.05, 0.1) is 13.2 Å². The fraction of sp³-hybridized carbons (Fsp3) is 0.333. The molecule has 4 aromatic rings. The number of unbranched alkanes of at least 4 members (excludes halogenated alkanes) is 7. The molecule has 0 aliphatic carbocycles. The van der Waals surface area contributed by atoms with E-state index in [0.29, 0.717) is 17.7 Å². The van der Waals surface area contributed by atoms with Crippen molar-refractivity contribution in [3.63, 3.8) is 0 Å². The SMILES string of the molecule is CCCCCCCOc1ccc(-c2ccc(C(=O)c3cc(-c4ccc(OCCCCCC)cc4)ccc3[C]=O)cc2)cc1. The van der Waals surface area contributed by atoms with Gasteiger partial charge < -0.3 is 9.47 Å². The topological polar surface area (TPSA) is 52.6 Å². The summed E-state index contributed by atoms with van der Waals surface area (Å²) in [6.45, 7) is 5.86. The summed E-state index contributed by atoms with van der Waals surface area (Å²) in [7, 11) is 0. The van der Waals surface area contributed by atoms with Gasteiger partial charge in [0.15, 0.2) is 5.78 Å². The Bertz CT molecular complexity index is 1420. The molecule has 0 unspecified atom stereocenters. The third-order valence-corrected chi connectivity index (χ3v) is 7.68. The number of ether oxygens (including phenoxy) is 2. The van der Waals surface area contributed by atoms with E-state index >= 15 is 0 Å². The van der Waals surface area contributed by atoms with Crippen molar-refractivity contribution in [3.05, 3.63) is 108 Å². The van der Waals surface area contributed by atoms with Crippen molar-refractivity contribution in [2.45, 2.75) is 71.6 Å². The van der Waals surface area contributed by atoms with Crippen molar-refractivity contribution in [1.82, 2.24) is 0 Å². The summed E-state index contributed by atoms with van der Waals surface area (Å²) in [5.41, 5.74) is 4.98. The highest BCUT2D eigenvalue weighted by atomic mass is 16.5. The fourth-order valence-corrected chi connectivity index (χ4v) is 5.07. The molecule has 0 bridgehead atoms. The number of carbonyl (C=O) groups excluding carboxylic acids is 2. The molecule has 0 atom stereocenters. The van der Waals surface area contributed by atoms with Crippen LogP contribution in [0.25, 0.3) is 22.3 Å². The maximum atomic E-state index is 13.5. The third-order valence-electron chi connectivity index (χ3n) is 7.68. The molecule has 4 nitrogen and oxygen atoms in total. The molecular weight excluding hydrogens is 532 g/mol. The maximum absolute atomic E-state index is 13.5. The Kier molecular flexibility index (Phi) is 12.6. The number of rotatable bonds is 18. The molecule has 43 heavy (non-hydrogen) atoms. The summed E-state index contributed by atoms with van der Waals surface area (Å²) in [6.07, 6.45) is 12.7. The van der Waals surface area contributed by atoms with Gasteiger partial charge in [-0.3, -0.25) is 9.59 Å². The average Bonchev–Trinajstić information content (AvgIpc) is 3.06. The minimum atomic E-state index is -0.207. The predicted molar refractivity (Wildman–Crippen MR) is 176 cm³/mol. The van der Waals surface area contributed by atoms with Crippen LogP contribution in [0.1, 0.15) is 93.1 Å². The Hall–Kier alpha value is -4.18. The molecule has 4 rings (SSSR count). The van der Waals surface area contributed by atoms with Gasteiger partial charge in [-0.15, -0.1) is 0 Å². The molecule has 0 saturated heterocycles. The van der Waals surface area contributed by atoms with Crippen LogP contribution < -0.4 is 9.47 Å². The summed E-state index contributed by atoms with van der Waals surface area (Å²) in [4.78, 5) is 25.2. The molecule has 0 aromatic heterocycles. The van der Waals surface area contributed by atoms with Gasteiger partial charge in [0.2, 0.25) is 6.29 Å². The van der Waals surface area contributed by atoms with E-state index in [9.17, 15) is 9.59 Å². The van der Waals surface area contributed by atoms with Gasteiger partial charge >= 0.3 is 0 Å². The van der Waals surface area contributed by atoms with Crippen molar-refractivity contribution in [2.75, 3.05) is 13.2 Å². The largest absolute Gasteiger partial charge is 0.494 e. The van der Waals surface area contributed by atoms with Crippen molar-refractivity contribution in [2.24, 2.45) is 0 Å². The summed E-state index contributed by atoms with van der Waals surface area (Å²) in [5.74, 6) is 1.49. The number of hydrogen-bond donors (Lipinski definition) is 0. The Morgan fingerprint density at radius 3 is 1.51 bits per heavy atom. The summed E-state index contributed by atoms with van der Waals surface area (Å²) in [5, 5.41) is 0. The van der Waals surface area contributed by atoms with Crippen molar-refractivity contribution in [3.8, 4) is 33.8 Å². The van der Waals surface area contributed by atoms with E-state index < -0.39 is 0 Å². The van der Waals surface area contributed by atoms with Gasteiger partial charge in [-0.25, -0.2) is 0 Å².